The van der Waals surface area contributed by atoms with Crippen LogP contribution in [0.25, 0.3) is 0 Å². The van der Waals surface area contributed by atoms with Crippen molar-refractivity contribution < 1.29 is 4.79 Å². The highest BCUT2D eigenvalue weighted by Crippen LogP contribution is 2.19. The fourth-order valence-corrected chi connectivity index (χ4v) is 2.46. The molecule has 0 unspecified atom stereocenters. The number of carbonyl (C=O) groups is 1. The quantitative estimate of drug-likeness (QED) is 0.789. The molecule has 0 aliphatic carbocycles. The number of aryl methyl sites for hydroxylation is 2. The van der Waals surface area contributed by atoms with Gasteiger partial charge in [-0.3, -0.25) is 4.79 Å². The summed E-state index contributed by atoms with van der Waals surface area (Å²) in [7, 11) is 0. The lowest BCUT2D eigenvalue weighted by Crippen LogP contribution is -2.21. The van der Waals surface area contributed by atoms with Gasteiger partial charge in [0.25, 0.3) is 0 Å². The molecule has 3 nitrogen and oxygen atoms in total. The normalized spacial score (nSPS) is 10.5. The van der Waals surface area contributed by atoms with E-state index in [9.17, 15) is 4.79 Å². The molecule has 22 heavy (non-hydrogen) atoms. The van der Waals surface area contributed by atoms with E-state index in [1.165, 1.54) is 11.1 Å². The van der Waals surface area contributed by atoms with E-state index >= 15 is 0 Å². The fraction of sp³-hybridized carbons (Fsp3) is 0.278. The molecule has 0 aliphatic rings. The minimum Gasteiger partial charge on any atom is -0.326 e. The number of benzene rings is 2. The Morgan fingerprint density at radius 3 is 2.68 bits per heavy atom. The number of nitrogens with one attached hydrogen (secondary N) is 2. The summed E-state index contributed by atoms with van der Waals surface area (Å²) in [5.41, 5.74) is 4.26. The topological polar surface area (TPSA) is 41.1 Å². The summed E-state index contributed by atoms with van der Waals surface area (Å²) in [5.74, 6) is 0.00200. The molecule has 0 spiro atoms. The SMILES string of the molecule is Cc1cccc(CNCCC(=O)Nc2ccc(Cl)cc2C)c1. The van der Waals surface area contributed by atoms with Crippen molar-refractivity contribution in [3.63, 3.8) is 0 Å². The molecule has 4 heteroatoms. The van der Waals surface area contributed by atoms with Crippen LogP contribution in [0.15, 0.2) is 42.5 Å². The number of rotatable bonds is 6. The van der Waals surface area contributed by atoms with Gasteiger partial charge in [0.15, 0.2) is 0 Å². The lowest BCUT2D eigenvalue weighted by Gasteiger charge is -2.09. The molecule has 0 saturated heterocycles. The molecule has 0 fully saturated rings. The van der Waals surface area contributed by atoms with Crippen molar-refractivity contribution in [3.8, 4) is 0 Å². The van der Waals surface area contributed by atoms with E-state index in [1.807, 2.05) is 25.1 Å². The molecule has 2 aromatic rings. The van der Waals surface area contributed by atoms with E-state index in [-0.39, 0.29) is 5.91 Å². The lowest BCUT2D eigenvalue weighted by molar-refractivity contribution is -0.116. The second-order valence-corrected chi connectivity index (χ2v) is 5.86. The first-order valence-electron chi connectivity index (χ1n) is 7.37. The number of anilines is 1. The standard InChI is InChI=1S/C18H21ClN2O/c1-13-4-3-5-15(10-13)12-20-9-8-18(22)21-17-7-6-16(19)11-14(17)2/h3-7,10-11,20H,8-9,12H2,1-2H3,(H,21,22). The number of amides is 1. The lowest BCUT2D eigenvalue weighted by atomic mass is 10.1. The summed E-state index contributed by atoms with van der Waals surface area (Å²) in [4.78, 5) is 11.9. The van der Waals surface area contributed by atoms with E-state index in [0.717, 1.165) is 17.8 Å². The van der Waals surface area contributed by atoms with E-state index in [1.54, 1.807) is 6.07 Å². The summed E-state index contributed by atoms with van der Waals surface area (Å²) in [6, 6.07) is 13.8. The highest BCUT2D eigenvalue weighted by molar-refractivity contribution is 6.30. The van der Waals surface area contributed by atoms with Crippen molar-refractivity contribution in [2.24, 2.45) is 0 Å². The van der Waals surface area contributed by atoms with Gasteiger partial charge in [0.1, 0.15) is 0 Å². The first-order chi connectivity index (χ1) is 10.5. The maximum Gasteiger partial charge on any atom is 0.225 e. The number of halogens is 1. The monoisotopic (exact) mass is 316 g/mol. The van der Waals surface area contributed by atoms with Crippen molar-refractivity contribution in [3.05, 3.63) is 64.2 Å². The average Bonchev–Trinajstić information content (AvgIpc) is 2.47. The number of hydrogen-bond acceptors (Lipinski definition) is 2. The van der Waals surface area contributed by atoms with Crippen LogP contribution in [-0.2, 0) is 11.3 Å². The molecule has 0 aliphatic heterocycles. The molecule has 2 rings (SSSR count). The van der Waals surface area contributed by atoms with Crippen LogP contribution in [0.2, 0.25) is 5.02 Å². The van der Waals surface area contributed by atoms with Crippen LogP contribution in [0, 0.1) is 13.8 Å². The Bertz CT molecular complexity index is 655. The number of hydrogen-bond donors (Lipinski definition) is 2. The van der Waals surface area contributed by atoms with Gasteiger partial charge in [0.05, 0.1) is 0 Å². The summed E-state index contributed by atoms with van der Waals surface area (Å²) < 4.78 is 0. The third-order valence-electron chi connectivity index (χ3n) is 3.40. The van der Waals surface area contributed by atoms with E-state index in [0.29, 0.717) is 18.0 Å². The fourth-order valence-electron chi connectivity index (χ4n) is 2.24. The van der Waals surface area contributed by atoms with Crippen molar-refractivity contribution in [1.82, 2.24) is 5.32 Å². The molecule has 0 saturated carbocycles. The molecular formula is C18H21ClN2O. The summed E-state index contributed by atoms with van der Waals surface area (Å²) in [6.07, 6.45) is 0.438. The number of carbonyl (C=O) groups excluding carboxylic acids is 1. The molecule has 2 aromatic carbocycles. The third kappa shape index (κ3) is 5.17. The van der Waals surface area contributed by atoms with Crippen LogP contribution >= 0.6 is 11.6 Å². The Hall–Kier alpha value is -1.84. The first kappa shape index (κ1) is 16.5. The van der Waals surface area contributed by atoms with Crippen LogP contribution in [0.5, 0.6) is 0 Å². The third-order valence-corrected chi connectivity index (χ3v) is 3.64. The largest absolute Gasteiger partial charge is 0.326 e. The van der Waals surface area contributed by atoms with Gasteiger partial charge < -0.3 is 10.6 Å². The molecule has 116 valence electrons. The zero-order chi connectivity index (χ0) is 15.9. The van der Waals surface area contributed by atoms with E-state index in [2.05, 4.69) is 35.8 Å². The molecule has 0 heterocycles. The van der Waals surface area contributed by atoms with Gasteiger partial charge in [-0.05, 0) is 43.2 Å². The van der Waals surface area contributed by atoms with Crippen LogP contribution in [0.4, 0.5) is 5.69 Å². The summed E-state index contributed by atoms with van der Waals surface area (Å²) in [6.45, 7) is 5.42. The minimum atomic E-state index is 0.00200. The highest BCUT2D eigenvalue weighted by Gasteiger charge is 2.05. The molecule has 0 aromatic heterocycles. The summed E-state index contributed by atoms with van der Waals surface area (Å²) >= 11 is 5.90. The van der Waals surface area contributed by atoms with Gasteiger partial charge in [0.2, 0.25) is 5.91 Å². The second-order valence-electron chi connectivity index (χ2n) is 5.42. The van der Waals surface area contributed by atoms with E-state index in [4.69, 9.17) is 11.6 Å². The smallest absolute Gasteiger partial charge is 0.225 e. The van der Waals surface area contributed by atoms with Crippen molar-refractivity contribution >= 4 is 23.2 Å². The molecule has 1 amide bonds. The average molecular weight is 317 g/mol. The first-order valence-corrected chi connectivity index (χ1v) is 7.74. The maximum absolute atomic E-state index is 11.9. The second kappa shape index (κ2) is 7.97. The van der Waals surface area contributed by atoms with Gasteiger partial charge in [-0.1, -0.05) is 41.4 Å². The molecule has 0 bridgehead atoms. The molecule has 0 radical (unpaired) electrons. The van der Waals surface area contributed by atoms with Crippen LogP contribution in [0.3, 0.4) is 0 Å². The van der Waals surface area contributed by atoms with Gasteiger partial charge in [0, 0.05) is 30.2 Å². The molecule has 2 N–H and O–H groups in total. The maximum atomic E-state index is 11.9. The molecular weight excluding hydrogens is 296 g/mol. The Balaban J connectivity index is 1.74. The van der Waals surface area contributed by atoms with Crippen LogP contribution in [-0.4, -0.2) is 12.5 Å². The summed E-state index contributed by atoms with van der Waals surface area (Å²) in [5, 5.41) is 6.87. The Labute approximate surface area is 136 Å². The Morgan fingerprint density at radius 1 is 1.14 bits per heavy atom. The zero-order valence-electron chi connectivity index (χ0n) is 12.9. The molecule has 0 atom stereocenters. The van der Waals surface area contributed by atoms with E-state index < -0.39 is 0 Å². The van der Waals surface area contributed by atoms with Crippen molar-refractivity contribution in [2.75, 3.05) is 11.9 Å². The van der Waals surface area contributed by atoms with Gasteiger partial charge >= 0.3 is 0 Å². The predicted molar refractivity (Wildman–Crippen MR) is 92.3 cm³/mol. The Kier molecular flexibility index (Phi) is 5.99. The minimum absolute atomic E-state index is 0.00200. The van der Waals surface area contributed by atoms with Gasteiger partial charge in [-0.2, -0.15) is 0 Å². The van der Waals surface area contributed by atoms with Gasteiger partial charge in [-0.15, -0.1) is 0 Å². The Morgan fingerprint density at radius 2 is 1.95 bits per heavy atom. The van der Waals surface area contributed by atoms with Crippen LogP contribution < -0.4 is 10.6 Å². The predicted octanol–water partition coefficient (Wildman–Crippen LogP) is 4.08. The van der Waals surface area contributed by atoms with Crippen LogP contribution in [0.1, 0.15) is 23.1 Å². The van der Waals surface area contributed by atoms with Crippen molar-refractivity contribution in [1.29, 1.82) is 0 Å². The van der Waals surface area contributed by atoms with Gasteiger partial charge in [-0.25, -0.2) is 0 Å². The highest BCUT2D eigenvalue weighted by atomic mass is 35.5. The zero-order valence-corrected chi connectivity index (χ0v) is 13.7. The van der Waals surface area contributed by atoms with Crippen molar-refractivity contribution in [2.45, 2.75) is 26.8 Å².